The molecule has 0 bridgehead atoms. The van der Waals surface area contributed by atoms with E-state index >= 15 is 0 Å². The molecule has 3 aliphatic heterocycles. The zero-order valence-electron chi connectivity index (χ0n) is 21.2. The van der Waals surface area contributed by atoms with Crippen molar-refractivity contribution in [2.45, 2.75) is 42.0 Å². The molecule has 3 unspecified atom stereocenters. The molecule has 3 amide bonds. The van der Waals surface area contributed by atoms with Gasteiger partial charge >= 0.3 is 4.87 Å². The number of hydrogen-bond acceptors (Lipinski definition) is 7. The minimum absolute atomic E-state index is 0.0649. The SMILES string of the molecule is COc1ccc(N2C(=O)C3Sc4c(sc(=O)n4CC(=O)N4CCCCC4)C(c4cccc(Br)c4)C3C2=O)cc1. The molecule has 2 fully saturated rings. The predicted molar refractivity (Wildman–Crippen MR) is 154 cm³/mol. The number of fused-ring (bicyclic) bond motifs is 2. The van der Waals surface area contributed by atoms with Gasteiger partial charge in [-0.25, -0.2) is 4.90 Å². The molecular weight excluding hydrogens is 602 g/mol. The van der Waals surface area contributed by atoms with Crippen LogP contribution in [0, 0.1) is 5.92 Å². The molecule has 0 aliphatic carbocycles. The summed E-state index contributed by atoms with van der Waals surface area (Å²) in [6.07, 6.45) is 3.03. The smallest absolute Gasteiger partial charge is 0.308 e. The van der Waals surface area contributed by atoms with Crippen molar-refractivity contribution in [3.63, 3.8) is 0 Å². The third kappa shape index (κ3) is 4.64. The Bertz CT molecular complexity index is 1510. The van der Waals surface area contributed by atoms with Crippen LogP contribution in [0.4, 0.5) is 5.69 Å². The topological polar surface area (TPSA) is 88.9 Å². The number of likely N-dealkylation sites (tertiary alicyclic amines) is 1. The first-order chi connectivity index (χ1) is 18.9. The van der Waals surface area contributed by atoms with Crippen molar-refractivity contribution in [1.29, 1.82) is 0 Å². The number of nitrogens with zero attached hydrogens (tertiary/aromatic N) is 3. The first-order valence-electron chi connectivity index (χ1n) is 12.8. The molecule has 0 saturated carbocycles. The van der Waals surface area contributed by atoms with Crippen molar-refractivity contribution in [3.8, 4) is 5.75 Å². The molecule has 202 valence electrons. The summed E-state index contributed by atoms with van der Waals surface area (Å²) in [6, 6.07) is 14.5. The Morgan fingerprint density at radius 1 is 1.03 bits per heavy atom. The maximum Gasteiger partial charge on any atom is 0.308 e. The molecular formula is C28H26BrN3O5S2. The second-order valence-electron chi connectivity index (χ2n) is 9.87. The summed E-state index contributed by atoms with van der Waals surface area (Å²) in [5, 5.41) is -0.110. The normalized spacial score (nSPS) is 22.6. The van der Waals surface area contributed by atoms with E-state index in [1.165, 1.54) is 21.2 Å². The second kappa shape index (κ2) is 10.6. The summed E-state index contributed by atoms with van der Waals surface area (Å²) in [6.45, 7) is 1.33. The molecule has 6 rings (SSSR count). The quantitative estimate of drug-likeness (QED) is 0.387. The lowest BCUT2D eigenvalue weighted by molar-refractivity contribution is -0.133. The highest BCUT2D eigenvalue weighted by Gasteiger charge is 2.56. The van der Waals surface area contributed by atoms with E-state index in [1.54, 1.807) is 31.4 Å². The molecule has 8 nitrogen and oxygen atoms in total. The first-order valence-corrected chi connectivity index (χ1v) is 15.3. The zero-order chi connectivity index (χ0) is 27.3. The highest BCUT2D eigenvalue weighted by atomic mass is 79.9. The third-order valence-corrected chi connectivity index (χ3v) is 10.7. The monoisotopic (exact) mass is 627 g/mol. The minimum atomic E-state index is -0.721. The van der Waals surface area contributed by atoms with Crippen LogP contribution in [0.2, 0.25) is 0 Å². The number of carbonyl (C=O) groups is 3. The van der Waals surface area contributed by atoms with Crippen molar-refractivity contribution in [1.82, 2.24) is 9.47 Å². The number of halogens is 1. The molecule has 3 aromatic rings. The van der Waals surface area contributed by atoms with Crippen LogP contribution >= 0.6 is 39.0 Å². The van der Waals surface area contributed by atoms with Crippen LogP contribution < -0.4 is 14.5 Å². The van der Waals surface area contributed by atoms with E-state index in [0.717, 1.165) is 45.5 Å². The number of carbonyl (C=O) groups excluding carboxylic acids is 3. The number of aromatic nitrogens is 1. The Morgan fingerprint density at radius 3 is 2.46 bits per heavy atom. The molecule has 0 spiro atoms. The Balaban J connectivity index is 1.42. The van der Waals surface area contributed by atoms with E-state index in [1.807, 2.05) is 29.2 Å². The summed E-state index contributed by atoms with van der Waals surface area (Å²) < 4.78 is 7.59. The van der Waals surface area contributed by atoms with Crippen molar-refractivity contribution in [2.24, 2.45) is 5.92 Å². The number of imide groups is 1. The van der Waals surface area contributed by atoms with Crippen LogP contribution in [0.5, 0.6) is 5.75 Å². The number of amides is 3. The molecule has 0 radical (unpaired) electrons. The van der Waals surface area contributed by atoms with Crippen molar-refractivity contribution in [3.05, 3.63) is 73.1 Å². The van der Waals surface area contributed by atoms with Gasteiger partial charge in [-0.3, -0.25) is 23.7 Å². The summed E-state index contributed by atoms with van der Waals surface area (Å²) in [5.41, 5.74) is 1.32. The van der Waals surface area contributed by atoms with Crippen LogP contribution in [-0.2, 0) is 20.9 Å². The van der Waals surface area contributed by atoms with E-state index in [4.69, 9.17) is 4.74 Å². The van der Waals surface area contributed by atoms with Gasteiger partial charge in [-0.1, -0.05) is 51.2 Å². The van der Waals surface area contributed by atoms with Gasteiger partial charge in [-0.2, -0.15) is 0 Å². The molecule has 39 heavy (non-hydrogen) atoms. The third-order valence-electron chi connectivity index (χ3n) is 7.59. The lowest BCUT2D eigenvalue weighted by Gasteiger charge is -2.31. The molecule has 4 heterocycles. The average molecular weight is 629 g/mol. The Hall–Kier alpha value is -2.89. The summed E-state index contributed by atoms with van der Waals surface area (Å²) in [4.78, 5) is 57.8. The number of thiazole rings is 1. The lowest BCUT2D eigenvalue weighted by Crippen LogP contribution is -2.39. The Labute approximate surface area is 242 Å². The van der Waals surface area contributed by atoms with Crippen LogP contribution in [0.25, 0.3) is 0 Å². The highest BCUT2D eigenvalue weighted by molar-refractivity contribution is 9.10. The van der Waals surface area contributed by atoms with Crippen molar-refractivity contribution >= 4 is 62.4 Å². The van der Waals surface area contributed by atoms with Crippen molar-refractivity contribution < 1.29 is 19.1 Å². The molecule has 11 heteroatoms. The van der Waals surface area contributed by atoms with Gasteiger partial charge in [0.15, 0.2) is 0 Å². The first kappa shape index (κ1) is 26.3. The molecule has 3 aliphatic rings. The largest absolute Gasteiger partial charge is 0.497 e. The van der Waals surface area contributed by atoms with E-state index in [0.29, 0.717) is 29.6 Å². The number of rotatable bonds is 5. The average Bonchev–Trinajstić information content (AvgIpc) is 3.39. The second-order valence-corrected chi connectivity index (χ2v) is 12.9. The van der Waals surface area contributed by atoms with E-state index in [9.17, 15) is 19.2 Å². The minimum Gasteiger partial charge on any atom is -0.497 e. The van der Waals surface area contributed by atoms with E-state index in [-0.39, 0.29) is 29.1 Å². The fourth-order valence-electron chi connectivity index (χ4n) is 5.68. The number of anilines is 1. The van der Waals surface area contributed by atoms with Crippen LogP contribution in [0.3, 0.4) is 0 Å². The molecule has 2 aromatic carbocycles. The van der Waals surface area contributed by atoms with Gasteiger partial charge in [-0.05, 0) is 61.2 Å². The predicted octanol–water partition coefficient (Wildman–Crippen LogP) is 4.49. The van der Waals surface area contributed by atoms with Crippen LogP contribution in [-0.4, -0.2) is 52.6 Å². The number of thioether (sulfide) groups is 1. The van der Waals surface area contributed by atoms with Crippen LogP contribution in [0.15, 0.2) is 62.8 Å². The molecule has 3 atom stereocenters. The number of benzene rings is 2. The fraction of sp³-hybridized carbons (Fsp3) is 0.357. The highest BCUT2D eigenvalue weighted by Crippen LogP contribution is 2.54. The van der Waals surface area contributed by atoms with Gasteiger partial charge in [0.25, 0.3) is 0 Å². The lowest BCUT2D eigenvalue weighted by atomic mass is 9.83. The standard InChI is InChI=1S/C28H26BrN3O5S2/c1-37-19-10-8-18(9-11-19)32-25(34)22-21(16-6-5-7-17(29)14-16)24-27(38-23(22)26(32)35)31(28(36)39-24)15-20(33)30-12-3-2-4-13-30/h5-11,14,21-23H,2-4,12-13,15H2,1H3. The van der Waals surface area contributed by atoms with E-state index in [2.05, 4.69) is 15.9 Å². The summed E-state index contributed by atoms with van der Waals surface area (Å²) in [5.74, 6) is -1.26. The van der Waals surface area contributed by atoms with E-state index < -0.39 is 17.1 Å². The van der Waals surface area contributed by atoms with Gasteiger partial charge in [0.2, 0.25) is 17.7 Å². The maximum atomic E-state index is 14.0. The Kier molecular flexibility index (Phi) is 7.15. The Morgan fingerprint density at radius 2 is 1.77 bits per heavy atom. The van der Waals surface area contributed by atoms with Gasteiger partial charge in [-0.15, -0.1) is 0 Å². The van der Waals surface area contributed by atoms with Gasteiger partial charge < -0.3 is 9.64 Å². The number of hydrogen-bond donors (Lipinski definition) is 0. The van der Waals surface area contributed by atoms with Crippen LogP contribution in [0.1, 0.15) is 35.6 Å². The van der Waals surface area contributed by atoms with Crippen molar-refractivity contribution in [2.75, 3.05) is 25.1 Å². The summed E-state index contributed by atoms with van der Waals surface area (Å²) >= 11 is 5.84. The summed E-state index contributed by atoms with van der Waals surface area (Å²) in [7, 11) is 1.56. The van der Waals surface area contributed by atoms with Gasteiger partial charge in [0.1, 0.15) is 17.5 Å². The van der Waals surface area contributed by atoms with Gasteiger partial charge in [0.05, 0.1) is 23.7 Å². The molecule has 2 saturated heterocycles. The number of methoxy groups -OCH3 is 1. The van der Waals surface area contributed by atoms with Gasteiger partial charge in [0, 0.05) is 28.4 Å². The zero-order valence-corrected chi connectivity index (χ0v) is 24.4. The molecule has 0 N–H and O–H groups in total. The maximum absolute atomic E-state index is 14.0. The fourth-order valence-corrected chi connectivity index (χ4v) is 8.87. The number of ether oxygens (including phenoxy) is 1. The molecule has 1 aromatic heterocycles. The number of piperidine rings is 1.